The second-order valence-electron chi connectivity index (χ2n) is 10.3. The zero-order chi connectivity index (χ0) is 28.9. The van der Waals surface area contributed by atoms with Crippen LogP contribution >= 0.6 is 92.8 Å². The molecule has 0 unspecified atom stereocenters. The average Bonchev–Trinajstić information content (AvgIpc) is 3.32. The number of halogens is 8. The largest absolute Gasteiger partial charge is 0.280 e. The van der Waals surface area contributed by atoms with Gasteiger partial charge in [0.1, 0.15) is 0 Å². The number of nitrogens with zero attached hydrogens (tertiary/aromatic N) is 2. The summed E-state index contributed by atoms with van der Waals surface area (Å²) in [6, 6.07) is 0. The van der Waals surface area contributed by atoms with Crippen LogP contribution in [0.25, 0.3) is 0 Å². The normalized spacial score (nSPS) is 25.4. The van der Waals surface area contributed by atoms with Gasteiger partial charge in [0, 0.05) is 13.1 Å². The Morgan fingerprint density at radius 1 is 0.400 bits per heavy atom. The molecule has 14 heteroatoms. The third-order valence-corrected chi connectivity index (χ3v) is 12.3. The standard InChI is InChI=1S/C26H16Cl8N2O4/c27-15-7-3-11-12(4-8(7)16(28)20(32)19(15)31)24(38)35(23(11)37)1-2-36-25(39)13-5-9-10(6-14(13)26(36)40)18(30)22(34)21(33)17(9)29/h11-14H,1-6H2/t11-,12-,13-,14+/m1/s1. The molecule has 2 aliphatic carbocycles. The molecule has 0 saturated carbocycles. The zero-order valence-electron chi connectivity index (χ0n) is 20.1. The van der Waals surface area contributed by atoms with Gasteiger partial charge in [-0.2, -0.15) is 0 Å². The highest BCUT2D eigenvalue weighted by molar-refractivity contribution is 6.53. The van der Waals surface area contributed by atoms with Gasteiger partial charge in [0.2, 0.25) is 23.6 Å². The third-order valence-electron chi connectivity index (χ3n) is 8.49. The minimum absolute atomic E-state index is 0.0981. The van der Waals surface area contributed by atoms with Crippen molar-refractivity contribution in [3.8, 4) is 0 Å². The lowest BCUT2D eigenvalue weighted by Crippen LogP contribution is -2.41. The predicted molar refractivity (Wildman–Crippen MR) is 155 cm³/mol. The molecule has 0 radical (unpaired) electrons. The van der Waals surface area contributed by atoms with Gasteiger partial charge < -0.3 is 0 Å². The summed E-state index contributed by atoms with van der Waals surface area (Å²) >= 11 is 50.5. The van der Waals surface area contributed by atoms with E-state index in [0.717, 1.165) is 9.80 Å². The maximum absolute atomic E-state index is 13.3. The fourth-order valence-corrected chi connectivity index (χ4v) is 8.61. The highest BCUT2D eigenvalue weighted by atomic mass is 35.5. The number of hydrogen-bond donors (Lipinski definition) is 0. The van der Waals surface area contributed by atoms with E-state index in [9.17, 15) is 19.2 Å². The van der Waals surface area contributed by atoms with Crippen LogP contribution in [0.1, 0.15) is 22.3 Å². The Bertz CT molecular complexity index is 1350. The minimum atomic E-state index is -0.661. The van der Waals surface area contributed by atoms with Crippen LogP contribution in [0, 0.1) is 23.7 Å². The van der Waals surface area contributed by atoms with Crippen molar-refractivity contribution in [3.05, 3.63) is 62.4 Å². The second kappa shape index (κ2) is 10.3. The van der Waals surface area contributed by atoms with Gasteiger partial charge in [0.05, 0.1) is 63.9 Å². The molecule has 4 aliphatic rings. The van der Waals surface area contributed by atoms with Gasteiger partial charge in [0.25, 0.3) is 0 Å². The molecule has 0 spiro atoms. The highest BCUT2D eigenvalue weighted by Gasteiger charge is 2.53. The maximum Gasteiger partial charge on any atom is 0.233 e. The average molecular weight is 704 g/mol. The predicted octanol–water partition coefficient (Wildman–Crippen LogP) is 7.01. The van der Waals surface area contributed by atoms with Crippen LogP contribution in [0.3, 0.4) is 0 Å². The molecule has 6 nitrogen and oxygen atoms in total. The number of likely N-dealkylation sites (tertiary alicyclic amines) is 2. The fraction of sp³-hybridized carbons (Fsp3) is 0.385. The number of imide groups is 2. The van der Waals surface area contributed by atoms with Crippen molar-refractivity contribution >= 4 is 116 Å². The Morgan fingerprint density at radius 3 is 0.800 bits per heavy atom. The monoisotopic (exact) mass is 700 g/mol. The highest BCUT2D eigenvalue weighted by Crippen LogP contribution is 2.50. The summed E-state index contributed by atoms with van der Waals surface area (Å²) in [5.74, 6) is -4.23. The number of carbonyl (C=O) groups excluding carboxylic acids is 4. The number of rotatable bonds is 3. The maximum atomic E-state index is 13.3. The van der Waals surface area contributed by atoms with Crippen LogP contribution in [0.5, 0.6) is 0 Å². The molecular weight excluding hydrogens is 688 g/mol. The van der Waals surface area contributed by atoms with Crippen molar-refractivity contribution in [2.75, 3.05) is 13.1 Å². The smallest absolute Gasteiger partial charge is 0.233 e. The summed E-state index contributed by atoms with van der Waals surface area (Å²) in [4.78, 5) is 55.6. The summed E-state index contributed by atoms with van der Waals surface area (Å²) < 4.78 is 0. The number of fused-ring (bicyclic) bond motifs is 4. The summed E-state index contributed by atoms with van der Waals surface area (Å²) in [5.41, 5.74) is 2.38. The Morgan fingerprint density at radius 2 is 0.600 bits per heavy atom. The molecule has 2 fully saturated rings. The van der Waals surface area contributed by atoms with Gasteiger partial charge in [-0.15, -0.1) is 0 Å². The molecule has 0 bridgehead atoms. The van der Waals surface area contributed by atoms with E-state index in [1.807, 2.05) is 0 Å². The van der Waals surface area contributed by atoms with Crippen LogP contribution in [-0.2, 0) is 44.9 Å². The van der Waals surface area contributed by atoms with Crippen molar-refractivity contribution in [3.63, 3.8) is 0 Å². The molecule has 4 atom stereocenters. The zero-order valence-corrected chi connectivity index (χ0v) is 26.2. The Labute approximate surface area is 268 Å². The first-order valence-electron chi connectivity index (χ1n) is 12.2. The van der Waals surface area contributed by atoms with Gasteiger partial charge >= 0.3 is 0 Å². The molecule has 210 valence electrons. The van der Waals surface area contributed by atoms with Crippen LogP contribution in [0.2, 0.25) is 40.2 Å². The molecule has 6 rings (SSSR count). The molecular formula is C26H16Cl8N2O4. The van der Waals surface area contributed by atoms with E-state index in [0.29, 0.717) is 22.3 Å². The summed E-state index contributed by atoms with van der Waals surface area (Å²) in [5, 5.41) is 1.24. The van der Waals surface area contributed by atoms with E-state index in [-0.39, 0.29) is 79.0 Å². The van der Waals surface area contributed by atoms with Crippen molar-refractivity contribution in [1.82, 2.24) is 9.80 Å². The van der Waals surface area contributed by atoms with Crippen LogP contribution in [0.15, 0.2) is 0 Å². The lowest BCUT2D eigenvalue weighted by atomic mass is 9.77. The quantitative estimate of drug-likeness (QED) is 0.196. The van der Waals surface area contributed by atoms with Crippen molar-refractivity contribution in [2.24, 2.45) is 23.7 Å². The minimum Gasteiger partial charge on any atom is -0.280 e. The lowest BCUT2D eigenvalue weighted by Gasteiger charge is -2.27. The first-order valence-corrected chi connectivity index (χ1v) is 15.2. The van der Waals surface area contributed by atoms with Crippen LogP contribution in [-0.4, -0.2) is 46.5 Å². The molecule has 2 aromatic carbocycles. The van der Waals surface area contributed by atoms with E-state index in [1.165, 1.54) is 0 Å². The van der Waals surface area contributed by atoms with Gasteiger partial charge in [-0.25, -0.2) is 0 Å². The van der Waals surface area contributed by atoms with Gasteiger partial charge in [-0.1, -0.05) is 92.8 Å². The summed E-state index contributed by atoms with van der Waals surface area (Å²) in [6.45, 7) is -0.264. The van der Waals surface area contributed by atoms with Crippen molar-refractivity contribution < 1.29 is 19.2 Å². The number of hydrogen-bond acceptors (Lipinski definition) is 4. The van der Waals surface area contributed by atoms with Crippen molar-refractivity contribution in [1.29, 1.82) is 0 Å². The molecule has 2 aromatic rings. The molecule has 2 aliphatic heterocycles. The Kier molecular flexibility index (Phi) is 7.53. The first kappa shape index (κ1) is 29.1. The van der Waals surface area contributed by atoms with Crippen molar-refractivity contribution in [2.45, 2.75) is 25.7 Å². The molecule has 40 heavy (non-hydrogen) atoms. The SMILES string of the molecule is O=C1[C@H]2Cc3c(Cl)c(Cl)c(Cl)c(Cl)c3C[C@H]2C(=O)N1CCN1C(=O)[C@@H]2Cc3c(Cl)c(Cl)c(Cl)c(Cl)c3C[C@H]2C1=O. The molecule has 2 heterocycles. The van der Waals surface area contributed by atoms with Gasteiger partial charge in [-0.05, 0) is 47.9 Å². The van der Waals surface area contributed by atoms with E-state index >= 15 is 0 Å². The second-order valence-corrected chi connectivity index (χ2v) is 13.3. The van der Waals surface area contributed by atoms with Crippen LogP contribution in [0.4, 0.5) is 0 Å². The molecule has 2 saturated heterocycles. The van der Waals surface area contributed by atoms with E-state index < -0.39 is 47.3 Å². The van der Waals surface area contributed by atoms with E-state index in [4.69, 9.17) is 92.8 Å². The van der Waals surface area contributed by atoms with Gasteiger partial charge in [-0.3, -0.25) is 29.0 Å². The first-order chi connectivity index (χ1) is 18.8. The number of benzene rings is 2. The molecule has 4 amide bonds. The van der Waals surface area contributed by atoms with E-state index in [1.54, 1.807) is 0 Å². The summed E-state index contributed by atoms with van der Waals surface area (Å²) in [6.07, 6.45) is 0.695. The molecule has 0 N–H and O–H groups in total. The molecule has 0 aromatic heterocycles. The van der Waals surface area contributed by atoms with Crippen LogP contribution < -0.4 is 0 Å². The summed E-state index contributed by atoms with van der Waals surface area (Å²) in [7, 11) is 0. The third kappa shape index (κ3) is 4.12. The van der Waals surface area contributed by atoms with Gasteiger partial charge in [0.15, 0.2) is 0 Å². The Balaban J connectivity index is 1.21. The number of amides is 4. The van der Waals surface area contributed by atoms with E-state index in [2.05, 4.69) is 0 Å². The fourth-order valence-electron chi connectivity index (χ4n) is 6.44. The topological polar surface area (TPSA) is 74.8 Å². The Hall–Kier alpha value is -0.960. The lowest BCUT2D eigenvalue weighted by molar-refractivity contribution is -0.145. The number of carbonyl (C=O) groups is 4.